The summed E-state index contributed by atoms with van der Waals surface area (Å²) in [6, 6.07) is 6.86. The third-order valence-electron chi connectivity index (χ3n) is 3.16. The van der Waals surface area contributed by atoms with Gasteiger partial charge in [-0.1, -0.05) is 23.7 Å². The fourth-order valence-electron chi connectivity index (χ4n) is 1.95. The number of hydrogen-bond acceptors (Lipinski definition) is 6. The molecule has 5 atom stereocenters. The first-order chi connectivity index (χ1) is 9.52. The highest BCUT2D eigenvalue weighted by atomic mass is 35.5. The van der Waals surface area contributed by atoms with Gasteiger partial charge in [-0.2, -0.15) is 0 Å². The van der Waals surface area contributed by atoms with Crippen LogP contribution in [0.1, 0.15) is 11.9 Å². The van der Waals surface area contributed by atoms with Gasteiger partial charge in [-0.3, -0.25) is 0 Å². The maximum absolute atomic E-state index is 9.88. The van der Waals surface area contributed by atoms with Crippen molar-refractivity contribution in [2.24, 2.45) is 0 Å². The van der Waals surface area contributed by atoms with E-state index in [0.29, 0.717) is 5.02 Å². The molecule has 1 aromatic rings. The van der Waals surface area contributed by atoms with Crippen LogP contribution >= 0.6 is 11.6 Å². The molecule has 1 unspecified atom stereocenters. The van der Waals surface area contributed by atoms with Gasteiger partial charge in [-0.25, -0.2) is 0 Å². The Labute approximate surface area is 121 Å². The Kier molecular flexibility index (Phi) is 5.34. The number of rotatable bonds is 5. The molecule has 1 aliphatic heterocycles. The van der Waals surface area contributed by atoms with Crippen LogP contribution in [0, 0.1) is 0 Å². The molecule has 2 rings (SSSR count). The van der Waals surface area contributed by atoms with Crippen LogP contribution in [0.2, 0.25) is 5.02 Å². The first-order valence-corrected chi connectivity index (χ1v) is 6.58. The quantitative estimate of drug-likeness (QED) is 0.603. The van der Waals surface area contributed by atoms with Crippen molar-refractivity contribution in [3.05, 3.63) is 34.9 Å². The van der Waals surface area contributed by atoms with Gasteiger partial charge < -0.3 is 29.9 Å². The van der Waals surface area contributed by atoms with Gasteiger partial charge >= 0.3 is 0 Å². The van der Waals surface area contributed by atoms with Gasteiger partial charge in [0.05, 0.1) is 13.2 Å². The lowest BCUT2D eigenvalue weighted by Gasteiger charge is -2.25. The fourth-order valence-corrected chi connectivity index (χ4v) is 2.07. The number of aliphatic hydroxyl groups excluding tert-OH is 4. The molecule has 20 heavy (non-hydrogen) atoms. The van der Waals surface area contributed by atoms with E-state index in [9.17, 15) is 15.3 Å². The van der Waals surface area contributed by atoms with E-state index in [-0.39, 0.29) is 6.61 Å². The van der Waals surface area contributed by atoms with E-state index in [2.05, 4.69) is 0 Å². The molecule has 1 aliphatic rings. The summed E-state index contributed by atoms with van der Waals surface area (Å²) in [5, 5.41) is 38.1. The molecule has 1 heterocycles. The van der Waals surface area contributed by atoms with Crippen molar-refractivity contribution in [2.45, 2.75) is 30.7 Å². The van der Waals surface area contributed by atoms with E-state index in [1.54, 1.807) is 24.3 Å². The molecule has 1 aromatic carbocycles. The topological polar surface area (TPSA) is 99.4 Å². The molecule has 1 fully saturated rings. The van der Waals surface area contributed by atoms with Crippen LogP contribution in [0.25, 0.3) is 0 Å². The Morgan fingerprint density at radius 3 is 2.45 bits per heavy atom. The molecule has 0 aliphatic carbocycles. The van der Waals surface area contributed by atoms with Gasteiger partial charge in [0, 0.05) is 10.6 Å². The van der Waals surface area contributed by atoms with Gasteiger partial charge in [0.1, 0.15) is 24.4 Å². The molecule has 0 saturated carbocycles. The van der Waals surface area contributed by atoms with Crippen molar-refractivity contribution < 1.29 is 29.9 Å². The van der Waals surface area contributed by atoms with Crippen LogP contribution in [0.15, 0.2) is 24.3 Å². The zero-order valence-electron chi connectivity index (χ0n) is 10.6. The standard InChI is InChI=1S/C13H17ClO6/c14-8-3-1-7(2-4-8)13-19-6-10(20-13)12(18)11(17)9(16)5-15/h1-4,9-13,15-18H,5-6H2/t9-,10+,11+,12+,13?/m0/s1. The lowest BCUT2D eigenvalue weighted by Crippen LogP contribution is -2.46. The maximum atomic E-state index is 9.88. The average Bonchev–Trinajstić information content (AvgIpc) is 2.95. The van der Waals surface area contributed by atoms with Crippen LogP contribution in [0.5, 0.6) is 0 Å². The van der Waals surface area contributed by atoms with Crippen molar-refractivity contribution in [3.8, 4) is 0 Å². The maximum Gasteiger partial charge on any atom is 0.184 e. The third kappa shape index (κ3) is 3.48. The monoisotopic (exact) mass is 304 g/mol. The molecule has 1 saturated heterocycles. The average molecular weight is 305 g/mol. The first-order valence-electron chi connectivity index (χ1n) is 6.20. The summed E-state index contributed by atoms with van der Waals surface area (Å²) in [6.07, 6.45) is -5.73. The Morgan fingerprint density at radius 2 is 1.85 bits per heavy atom. The van der Waals surface area contributed by atoms with Gasteiger partial charge in [0.2, 0.25) is 0 Å². The Morgan fingerprint density at radius 1 is 1.20 bits per heavy atom. The summed E-state index contributed by atoms with van der Waals surface area (Å²) in [6.45, 7) is -0.573. The molecule has 0 radical (unpaired) electrons. The zero-order valence-corrected chi connectivity index (χ0v) is 11.3. The molecule has 0 aromatic heterocycles. The largest absolute Gasteiger partial charge is 0.394 e. The number of aliphatic hydroxyl groups is 4. The van der Waals surface area contributed by atoms with E-state index in [0.717, 1.165) is 5.56 Å². The van der Waals surface area contributed by atoms with Gasteiger partial charge in [-0.15, -0.1) is 0 Å². The Bertz CT molecular complexity index is 425. The van der Waals surface area contributed by atoms with Gasteiger partial charge in [-0.05, 0) is 12.1 Å². The second kappa shape index (κ2) is 6.82. The second-order valence-electron chi connectivity index (χ2n) is 4.62. The minimum atomic E-state index is -1.50. The third-order valence-corrected chi connectivity index (χ3v) is 3.42. The van der Waals surface area contributed by atoms with Crippen LogP contribution < -0.4 is 0 Å². The predicted octanol–water partition coefficient (Wildman–Crippen LogP) is -0.171. The summed E-state index contributed by atoms with van der Waals surface area (Å²) in [7, 11) is 0. The predicted molar refractivity (Wildman–Crippen MR) is 70.1 cm³/mol. The first kappa shape index (κ1) is 15.7. The van der Waals surface area contributed by atoms with Crippen LogP contribution in [-0.2, 0) is 9.47 Å². The zero-order chi connectivity index (χ0) is 14.7. The molecular formula is C13H17ClO6. The van der Waals surface area contributed by atoms with Gasteiger partial charge in [0.15, 0.2) is 6.29 Å². The summed E-state index contributed by atoms with van der Waals surface area (Å²) in [5.74, 6) is 0. The number of benzene rings is 1. The van der Waals surface area contributed by atoms with Gasteiger partial charge in [0.25, 0.3) is 0 Å². The molecule has 112 valence electrons. The molecule has 0 spiro atoms. The second-order valence-corrected chi connectivity index (χ2v) is 5.06. The van der Waals surface area contributed by atoms with Crippen molar-refractivity contribution in [3.63, 3.8) is 0 Å². The molecule has 6 nitrogen and oxygen atoms in total. The van der Waals surface area contributed by atoms with Crippen molar-refractivity contribution >= 4 is 11.6 Å². The number of ether oxygens (including phenoxy) is 2. The molecule has 0 amide bonds. The Balaban J connectivity index is 1.96. The summed E-state index contributed by atoms with van der Waals surface area (Å²) in [4.78, 5) is 0. The highest BCUT2D eigenvalue weighted by Gasteiger charge is 2.38. The van der Waals surface area contributed by atoms with E-state index in [1.807, 2.05) is 0 Å². The Hall–Kier alpha value is -0.730. The van der Waals surface area contributed by atoms with Crippen molar-refractivity contribution in [1.82, 2.24) is 0 Å². The van der Waals surface area contributed by atoms with E-state index in [4.69, 9.17) is 26.2 Å². The lowest BCUT2D eigenvalue weighted by molar-refractivity contribution is -0.134. The molecule has 0 bridgehead atoms. The summed E-state index contributed by atoms with van der Waals surface area (Å²) in [5.41, 5.74) is 0.737. The minimum Gasteiger partial charge on any atom is -0.394 e. The molecule has 7 heteroatoms. The normalized spacial score (nSPS) is 27.2. The number of hydrogen-bond donors (Lipinski definition) is 4. The van der Waals surface area contributed by atoms with Crippen molar-refractivity contribution in [1.29, 1.82) is 0 Å². The van der Waals surface area contributed by atoms with Crippen LogP contribution in [0.3, 0.4) is 0 Å². The van der Waals surface area contributed by atoms with E-state index < -0.39 is 37.3 Å². The summed E-state index contributed by atoms with van der Waals surface area (Å²) < 4.78 is 10.9. The highest BCUT2D eigenvalue weighted by Crippen LogP contribution is 2.29. The van der Waals surface area contributed by atoms with E-state index in [1.165, 1.54) is 0 Å². The summed E-state index contributed by atoms with van der Waals surface area (Å²) >= 11 is 5.78. The van der Waals surface area contributed by atoms with Crippen molar-refractivity contribution in [2.75, 3.05) is 13.2 Å². The van der Waals surface area contributed by atoms with Crippen LogP contribution in [0.4, 0.5) is 0 Å². The SMILES string of the molecule is OC[C@H](O)[C@@H](O)[C@H](O)[C@H]1COC(c2ccc(Cl)cc2)O1. The molecular weight excluding hydrogens is 288 g/mol. The molecule has 4 N–H and O–H groups in total. The number of halogens is 1. The van der Waals surface area contributed by atoms with Crippen LogP contribution in [-0.4, -0.2) is 58.1 Å². The highest BCUT2D eigenvalue weighted by molar-refractivity contribution is 6.30. The fraction of sp³-hybridized carbons (Fsp3) is 0.538. The smallest absolute Gasteiger partial charge is 0.184 e. The van der Waals surface area contributed by atoms with E-state index >= 15 is 0 Å². The lowest BCUT2D eigenvalue weighted by atomic mass is 10.0. The minimum absolute atomic E-state index is 0.0731.